The topological polar surface area (TPSA) is 442 Å². The Balaban J connectivity index is -0.0000000835. The molecule has 0 aromatic rings. The van der Waals surface area contributed by atoms with Gasteiger partial charge in [-0.15, -0.1) is 30.7 Å². The molecule has 23 nitrogen and oxygen atoms in total. The standard InChI is InChI=1S/2C8H20N4.C2H4O2.3ClHO4.2Mn.O/c2*1-2-10-5-6-12-8-7-11-4-3-9-1;1-2(3)4;3*2-1(3,4)5;;;/h2*9-12H,1-8H2;1H3,(H,3,4);3*(H,2,3,4,5);;;/q;;;;;;2*+3;-2/p-4. The minimum atomic E-state index is -4.94. The molecule has 0 radical (unpaired) electrons. The van der Waals surface area contributed by atoms with Crippen molar-refractivity contribution in [2.45, 2.75) is 6.92 Å². The quantitative estimate of drug-likeness (QED) is 0.105. The van der Waals surface area contributed by atoms with E-state index in [4.69, 9.17) is 65.8 Å². The van der Waals surface area contributed by atoms with E-state index in [1.165, 1.54) is 0 Å². The molecule has 0 aliphatic carbocycles. The Labute approximate surface area is 295 Å². The van der Waals surface area contributed by atoms with E-state index >= 15 is 0 Å². The van der Waals surface area contributed by atoms with Crippen LogP contribution in [0.2, 0.25) is 0 Å². The number of hydrogen-bond donors (Lipinski definition) is 8. The van der Waals surface area contributed by atoms with Gasteiger partial charge in [0.15, 0.2) is 0 Å². The molecule has 0 spiro atoms. The minimum absolute atomic E-state index is 0. The van der Waals surface area contributed by atoms with Gasteiger partial charge in [-0.05, 0) is 6.92 Å². The molecule has 0 atom stereocenters. The van der Waals surface area contributed by atoms with Gasteiger partial charge in [0.05, 0.1) is 0 Å². The first-order valence-corrected chi connectivity index (χ1v) is 16.1. The Morgan fingerprint density at radius 3 is 0.457 bits per heavy atom. The average Bonchev–Trinajstić information content (AvgIpc) is 2.77. The fourth-order valence-electron chi connectivity index (χ4n) is 2.41. The maximum Gasteiger partial charge on any atom is 3.00 e. The summed E-state index contributed by atoms with van der Waals surface area (Å²) in [6.45, 7) is 18.1. The van der Waals surface area contributed by atoms with E-state index in [-0.39, 0.29) is 39.6 Å². The molecule has 2 rings (SSSR count). The van der Waals surface area contributed by atoms with Crippen LogP contribution >= 0.6 is 0 Å². The first kappa shape index (κ1) is 61.7. The first-order valence-electron chi connectivity index (χ1n) is 12.4. The number of carboxylic acids is 1. The predicted molar refractivity (Wildman–Crippen MR) is 114 cm³/mol. The van der Waals surface area contributed by atoms with Crippen molar-refractivity contribution in [3.05, 3.63) is 0 Å². The van der Waals surface area contributed by atoms with Gasteiger partial charge < -0.3 is 57.9 Å². The monoisotopic (exact) mass is 826 g/mol. The smallest absolute Gasteiger partial charge is 2.00 e. The second-order valence-corrected chi connectivity index (χ2v) is 9.89. The van der Waals surface area contributed by atoms with Crippen molar-refractivity contribution < 1.29 is 136 Å². The number of halogens is 3. The number of carbonyl (C=O) groups excluding carboxylic acids is 1. The normalized spacial score (nSPS) is 17.0. The summed E-state index contributed by atoms with van der Waals surface area (Å²) in [5.41, 5.74) is 0. The van der Waals surface area contributed by atoms with Crippen LogP contribution in [0.3, 0.4) is 0 Å². The van der Waals surface area contributed by atoms with Crippen LogP contribution in [0.4, 0.5) is 0 Å². The largest absolute Gasteiger partial charge is 3.00 e. The molecule has 2 aliphatic heterocycles. The molecule has 2 saturated heterocycles. The van der Waals surface area contributed by atoms with Gasteiger partial charge in [-0.2, -0.15) is 0 Å². The Bertz CT molecular complexity index is 433. The summed E-state index contributed by atoms with van der Waals surface area (Å²) in [6.07, 6.45) is 0. The second-order valence-electron chi connectivity index (χ2n) is 7.63. The summed E-state index contributed by atoms with van der Waals surface area (Å²) in [5.74, 6) is -1.08. The fraction of sp³-hybridized carbons (Fsp3) is 0.944. The summed E-state index contributed by atoms with van der Waals surface area (Å²) in [7, 11) is -14.8. The number of nitrogens with one attached hydrogen (secondary N) is 8. The van der Waals surface area contributed by atoms with E-state index in [1.807, 2.05) is 0 Å². The zero-order valence-corrected chi connectivity index (χ0v) is 29.5. The van der Waals surface area contributed by atoms with Crippen LogP contribution in [0.1, 0.15) is 6.92 Å². The molecule has 0 amide bonds. The number of carboxylic acid groups (broad SMARTS) is 1. The molecule has 2 fully saturated rings. The van der Waals surface area contributed by atoms with E-state index in [0.29, 0.717) is 0 Å². The SMILES string of the molecule is C1CNCCNCCNCCN1.C1CNCCNCCNCCN1.CC(=O)[O-].[Mn+3].[Mn+3].[O-2].[O-][Cl+3]([O-])([O-])[O-].[O-][Cl+3]([O-])([O-])[O-].[O-][Cl+3]([O-])([O-])[O-]. The molecule has 0 bridgehead atoms. The number of hydrogen-bond acceptors (Lipinski definition) is 22. The molecule has 2 aliphatic rings. The van der Waals surface area contributed by atoms with Crippen molar-refractivity contribution in [3.8, 4) is 0 Å². The van der Waals surface area contributed by atoms with E-state index in [1.54, 1.807) is 0 Å². The molecule has 8 N–H and O–H groups in total. The summed E-state index contributed by atoms with van der Waals surface area (Å²) in [4.78, 5) is 8.89. The third-order valence-corrected chi connectivity index (χ3v) is 3.83. The molecule has 0 saturated carbocycles. The maximum absolute atomic E-state index is 8.89. The number of aliphatic carboxylic acids is 1. The van der Waals surface area contributed by atoms with Crippen molar-refractivity contribution in [3.63, 3.8) is 0 Å². The van der Waals surface area contributed by atoms with Crippen molar-refractivity contribution >= 4 is 5.97 Å². The van der Waals surface area contributed by atoms with Gasteiger partial charge in [0.2, 0.25) is 0 Å². The Morgan fingerprint density at radius 2 is 0.413 bits per heavy atom. The number of rotatable bonds is 0. The Morgan fingerprint density at radius 1 is 0.370 bits per heavy atom. The summed E-state index contributed by atoms with van der Waals surface area (Å²) < 4.78 is 102. The van der Waals surface area contributed by atoms with Crippen LogP contribution < -0.4 is 104 Å². The van der Waals surface area contributed by atoms with E-state index in [9.17, 15) is 0 Å². The molecular weight excluding hydrogens is 784 g/mol. The van der Waals surface area contributed by atoms with Crippen molar-refractivity contribution in [1.82, 2.24) is 42.5 Å². The van der Waals surface area contributed by atoms with E-state index in [0.717, 1.165) is 112 Å². The van der Waals surface area contributed by atoms with Crippen molar-refractivity contribution in [2.75, 3.05) is 105 Å². The molecule has 2 heterocycles. The predicted octanol–water partition coefficient (Wildman–Crippen LogP) is -18.9. The van der Waals surface area contributed by atoms with E-state index in [2.05, 4.69) is 42.5 Å². The van der Waals surface area contributed by atoms with Gasteiger partial charge in [-0.1, -0.05) is 0 Å². The summed E-state index contributed by atoms with van der Waals surface area (Å²) >= 11 is 0. The maximum atomic E-state index is 8.89. The zero-order valence-electron chi connectivity index (χ0n) is 24.8. The Kier molecular flexibility index (Phi) is 58.5. The first-order chi connectivity index (χ1) is 19.7. The number of carbonyl (C=O) groups is 1. The molecular formula is C18H43Cl3Mn2N8O15. The third-order valence-electron chi connectivity index (χ3n) is 3.83. The van der Waals surface area contributed by atoms with Gasteiger partial charge in [0, 0.05) is 111 Å². The van der Waals surface area contributed by atoms with Gasteiger partial charge in [0.25, 0.3) is 0 Å². The van der Waals surface area contributed by atoms with Gasteiger partial charge in [-0.25, -0.2) is 55.9 Å². The van der Waals surface area contributed by atoms with Crippen LogP contribution in [0, 0.1) is 30.7 Å². The minimum Gasteiger partial charge on any atom is -2.00 e. The molecule has 46 heavy (non-hydrogen) atoms. The second kappa shape index (κ2) is 43.6. The zero-order chi connectivity index (χ0) is 34.0. The van der Waals surface area contributed by atoms with Crippen LogP contribution in [-0.4, -0.2) is 111 Å². The van der Waals surface area contributed by atoms with Gasteiger partial charge in [0.1, 0.15) is 0 Å². The molecule has 28 heteroatoms. The summed E-state index contributed by atoms with van der Waals surface area (Å²) in [5, 5.41) is 35.8. The van der Waals surface area contributed by atoms with E-state index < -0.39 is 36.7 Å². The Hall–Kier alpha value is 0.539. The van der Waals surface area contributed by atoms with Crippen molar-refractivity contribution in [2.24, 2.45) is 0 Å². The van der Waals surface area contributed by atoms with Crippen LogP contribution in [0.15, 0.2) is 0 Å². The van der Waals surface area contributed by atoms with Crippen LogP contribution in [-0.2, 0) is 44.4 Å². The fourth-order valence-corrected chi connectivity index (χ4v) is 2.41. The third kappa shape index (κ3) is 140. The molecule has 0 aromatic carbocycles. The molecule has 0 unspecified atom stereocenters. The van der Waals surface area contributed by atoms with Crippen molar-refractivity contribution in [1.29, 1.82) is 0 Å². The molecule has 0 aromatic heterocycles. The van der Waals surface area contributed by atoms with Gasteiger partial charge >= 0.3 is 34.1 Å². The average molecular weight is 828 g/mol. The summed E-state index contributed by atoms with van der Waals surface area (Å²) in [6, 6.07) is 0. The van der Waals surface area contributed by atoms with Gasteiger partial charge in [-0.3, -0.25) is 0 Å². The van der Waals surface area contributed by atoms with Crippen LogP contribution in [0.25, 0.3) is 0 Å². The molecule has 280 valence electrons. The van der Waals surface area contributed by atoms with Crippen LogP contribution in [0.5, 0.6) is 0 Å².